The molecule has 0 radical (unpaired) electrons. The third-order valence-electron chi connectivity index (χ3n) is 5.02. The Labute approximate surface area is 187 Å². The van der Waals surface area contributed by atoms with Crippen LogP contribution in [0.15, 0.2) is 83.0 Å². The van der Waals surface area contributed by atoms with E-state index in [1.165, 1.54) is 6.33 Å². The molecule has 4 aromatic rings. The Balaban J connectivity index is 0.00000289. The van der Waals surface area contributed by atoms with Crippen molar-refractivity contribution >= 4 is 27.5 Å². The molecular weight excluding hydrogens is 426 g/mol. The lowest BCUT2D eigenvalue weighted by atomic mass is 10.0. The molecule has 0 fully saturated rings. The number of fused-ring (bicyclic) bond motifs is 1. The largest absolute Gasteiger partial charge is 0.412 e. The molecule has 1 unspecified atom stereocenters. The summed E-state index contributed by atoms with van der Waals surface area (Å²) in [5.74, 6) is 0.482. The van der Waals surface area contributed by atoms with E-state index in [0.29, 0.717) is 40.8 Å². The SMILES string of the molecule is O.O=C(CCc1cccnc1)Cc1ccc(CS(=O)c2cccc3c(=O)[nH]cnc23)cc1. The minimum atomic E-state index is -1.35. The van der Waals surface area contributed by atoms with Crippen LogP contribution in [0.3, 0.4) is 0 Å². The molecule has 1 atom stereocenters. The average Bonchev–Trinajstić information content (AvgIpc) is 2.80. The maximum absolute atomic E-state index is 12.9. The fourth-order valence-electron chi connectivity index (χ4n) is 3.38. The summed E-state index contributed by atoms with van der Waals surface area (Å²) < 4.78 is 12.9. The smallest absolute Gasteiger partial charge is 0.258 e. The fraction of sp³-hybridized carbons (Fsp3) is 0.167. The lowest BCUT2D eigenvalue weighted by Crippen LogP contribution is -2.08. The van der Waals surface area contributed by atoms with Gasteiger partial charge >= 0.3 is 0 Å². The van der Waals surface area contributed by atoms with Crippen LogP contribution in [-0.2, 0) is 34.2 Å². The van der Waals surface area contributed by atoms with Crippen molar-refractivity contribution in [1.82, 2.24) is 15.0 Å². The van der Waals surface area contributed by atoms with Crippen LogP contribution in [0.1, 0.15) is 23.1 Å². The second kappa shape index (κ2) is 10.7. The zero-order chi connectivity index (χ0) is 21.6. The molecule has 3 N–H and O–H groups in total. The number of hydrogen-bond donors (Lipinski definition) is 1. The summed E-state index contributed by atoms with van der Waals surface area (Å²) in [7, 11) is -1.35. The Morgan fingerprint density at radius 1 is 0.969 bits per heavy atom. The number of aromatic nitrogens is 3. The van der Waals surface area contributed by atoms with Crippen molar-refractivity contribution in [2.24, 2.45) is 0 Å². The van der Waals surface area contributed by atoms with Crippen molar-refractivity contribution in [2.45, 2.75) is 29.9 Å². The summed E-state index contributed by atoms with van der Waals surface area (Å²) in [4.78, 5) is 35.6. The van der Waals surface area contributed by atoms with E-state index in [-0.39, 0.29) is 16.8 Å². The second-order valence-electron chi connectivity index (χ2n) is 7.27. The van der Waals surface area contributed by atoms with Crippen molar-refractivity contribution in [3.8, 4) is 0 Å². The Hall–Kier alpha value is -3.49. The number of ketones is 1. The van der Waals surface area contributed by atoms with E-state index < -0.39 is 10.8 Å². The van der Waals surface area contributed by atoms with Gasteiger partial charge in [0.1, 0.15) is 5.78 Å². The fourth-order valence-corrected chi connectivity index (χ4v) is 4.64. The van der Waals surface area contributed by atoms with Crippen LogP contribution in [0.25, 0.3) is 10.9 Å². The van der Waals surface area contributed by atoms with Gasteiger partial charge in [-0.25, -0.2) is 4.98 Å². The number of aryl methyl sites for hydroxylation is 1. The molecule has 7 nitrogen and oxygen atoms in total. The van der Waals surface area contributed by atoms with Gasteiger partial charge in [-0.3, -0.25) is 18.8 Å². The highest BCUT2D eigenvalue weighted by Gasteiger charge is 2.12. The van der Waals surface area contributed by atoms with Crippen molar-refractivity contribution in [2.75, 3.05) is 0 Å². The van der Waals surface area contributed by atoms with Crippen molar-refractivity contribution < 1.29 is 14.5 Å². The number of carbonyl (C=O) groups is 1. The molecule has 164 valence electrons. The highest BCUT2D eigenvalue weighted by molar-refractivity contribution is 7.84. The number of hydrogen-bond acceptors (Lipinski definition) is 5. The van der Waals surface area contributed by atoms with Gasteiger partial charge in [0.05, 0.1) is 38.7 Å². The summed E-state index contributed by atoms with van der Waals surface area (Å²) in [5.41, 5.74) is 3.09. The molecule has 0 bridgehead atoms. The van der Waals surface area contributed by atoms with Crippen molar-refractivity contribution in [3.05, 3.63) is 100 Å². The molecule has 0 amide bonds. The molecule has 4 rings (SSSR count). The number of para-hydroxylation sites is 1. The van der Waals surface area contributed by atoms with E-state index in [2.05, 4.69) is 15.0 Å². The lowest BCUT2D eigenvalue weighted by molar-refractivity contribution is -0.118. The van der Waals surface area contributed by atoms with Gasteiger partial charge in [0.15, 0.2) is 0 Å². The van der Waals surface area contributed by atoms with Gasteiger partial charge in [-0.2, -0.15) is 0 Å². The molecule has 0 aliphatic rings. The number of nitrogens with zero attached hydrogens (tertiary/aromatic N) is 2. The molecule has 0 spiro atoms. The molecule has 0 aliphatic heterocycles. The van der Waals surface area contributed by atoms with E-state index in [0.717, 1.165) is 16.7 Å². The first-order valence-corrected chi connectivity index (χ1v) is 11.3. The zero-order valence-corrected chi connectivity index (χ0v) is 18.1. The molecule has 2 heterocycles. The first-order valence-electron chi connectivity index (χ1n) is 9.93. The Kier molecular flexibility index (Phi) is 7.75. The summed E-state index contributed by atoms with van der Waals surface area (Å²) >= 11 is 0. The van der Waals surface area contributed by atoms with Gasteiger partial charge < -0.3 is 10.5 Å². The van der Waals surface area contributed by atoms with Gasteiger partial charge in [0, 0.05) is 25.2 Å². The summed E-state index contributed by atoms with van der Waals surface area (Å²) in [6.07, 6.45) is 6.36. The molecule has 0 aliphatic carbocycles. The highest BCUT2D eigenvalue weighted by Crippen LogP contribution is 2.20. The third kappa shape index (κ3) is 5.60. The number of H-pyrrole nitrogens is 1. The third-order valence-corrected chi connectivity index (χ3v) is 6.43. The molecular formula is C24H23N3O4S. The zero-order valence-electron chi connectivity index (χ0n) is 17.3. The standard InChI is InChI=1S/C24H21N3O3S.H2O/c28-20(11-10-18-3-2-12-25-14-18)13-17-6-8-19(9-7-17)15-31(30)22-5-1-4-21-23(22)26-16-27-24(21)29;/h1-9,12,14,16H,10-11,13,15H2,(H,26,27,29);1H2. The second-order valence-corrected chi connectivity index (χ2v) is 8.69. The molecule has 0 saturated heterocycles. The van der Waals surface area contributed by atoms with Crippen LogP contribution < -0.4 is 5.56 Å². The van der Waals surface area contributed by atoms with Crippen LogP contribution in [0.2, 0.25) is 0 Å². The minimum absolute atomic E-state index is 0. The van der Waals surface area contributed by atoms with Crippen LogP contribution in [0, 0.1) is 0 Å². The number of Topliss-reactive ketones (excluding diaryl/α,β-unsaturated/α-hetero) is 1. The van der Waals surface area contributed by atoms with Crippen LogP contribution in [0.4, 0.5) is 0 Å². The number of aromatic amines is 1. The van der Waals surface area contributed by atoms with Crippen molar-refractivity contribution in [1.29, 1.82) is 0 Å². The number of nitrogens with one attached hydrogen (secondary N) is 1. The lowest BCUT2D eigenvalue weighted by Gasteiger charge is -2.07. The van der Waals surface area contributed by atoms with Crippen LogP contribution in [0.5, 0.6) is 0 Å². The average molecular weight is 450 g/mol. The van der Waals surface area contributed by atoms with Gasteiger partial charge in [-0.1, -0.05) is 36.4 Å². The number of pyridine rings is 1. The van der Waals surface area contributed by atoms with E-state index in [4.69, 9.17) is 0 Å². The molecule has 32 heavy (non-hydrogen) atoms. The molecule has 2 aromatic carbocycles. The topological polar surface area (TPSA) is 124 Å². The Morgan fingerprint density at radius 2 is 1.75 bits per heavy atom. The monoisotopic (exact) mass is 449 g/mol. The summed E-state index contributed by atoms with van der Waals surface area (Å²) in [5, 5.41) is 0.425. The van der Waals surface area contributed by atoms with E-state index in [1.807, 2.05) is 36.4 Å². The first kappa shape index (κ1) is 23.2. The predicted octanol–water partition coefficient (Wildman–Crippen LogP) is 2.55. The first-order chi connectivity index (χ1) is 15.1. The van der Waals surface area contributed by atoms with E-state index in [9.17, 15) is 13.8 Å². The predicted molar refractivity (Wildman–Crippen MR) is 124 cm³/mol. The maximum Gasteiger partial charge on any atom is 0.258 e. The minimum Gasteiger partial charge on any atom is -0.412 e. The van der Waals surface area contributed by atoms with Gasteiger partial charge in [-0.15, -0.1) is 0 Å². The number of carbonyl (C=O) groups excluding carboxylic acids is 1. The molecule has 0 saturated carbocycles. The normalized spacial score (nSPS) is 11.6. The summed E-state index contributed by atoms with van der Waals surface area (Å²) in [6, 6.07) is 16.6. The van der Waals surface area contributed by atoms with Gasteiger partial charge in [0.25, 0.3) is 5.56 Å². The Bertz CT molecular complexity index is 1290. The van der Waals surface area contributed by atoms with Crippen molar-refractivity contribution in [3.63, 3.8) is 0 Å². The highest BCUT2D eigenvalue weighted by atomic mass is 32.2. The van der Waals surface area contributed by atoms with E-state index >= 15 is 0 Å². The van der Waals surface area contributed by atoms with Gasteiger partial charge in [-0.05, 0) is 41.3 Å². The molecule has 2 aromatic heterocycles. The number of benzene rings is 2. The maximum atomic E-state index is 12.9. The van der Waals surface area contributed by atoms with Gasteiger partial charge in [0.2, 0.25) is 0 Å². The number of rotatable bonds is 8. The molecule has 8 heteroatoms. The Morgan fingerprint density at radius 3 is 2.50 bits per heavy atom. The van der Waals surface area contributed by atoms with E-state index in [1.54, 1.807) is 30.6 Å². The summed E-state index contributed by atoms with van der Waals surface area (Å²) in [6.45, 7) is 0. The quantitative estimate of drug-likeness (QED) is 0.443. The van der Waals surface area contributed by atoms with Crippen LogP contribution >= 0.6 is 0 Å². The van der Waals surface area contributed by atoms with Crippen LogP contribution in [-0.4, -0.2) is 30.4 Å².